The molecular formula is C11H19N3O6. The molecule has 0 rings (SSSR count). The summed E-state index contributed by atoms with van der Waals surface area (Å²) in [4.78, 5) is 46.3. The van der Waals surface area contributed by atoms with E-state index in [2.05, 4.69) is 20.1 Å². The van der Waals surface area contributed by atoms with Gasteiger partial charge in [-0.15, -0.1) is 0 Å². The number of esters is 2. The van der Waals surface area contributed by atoms with Crippen molar-refractivity contribution >= 4 is 23.9 Å². The molecule has 0 atom stereocenters. The number of methoxy groups -OCH3 is 2. The smallest absolute Gasteiger partial charge is 0.321 e. The molecule has 0 aliphatic rings. The van der Waals surface area contributed by atoms with Crippen LogP contribution in [0, 0.1) is 0 Å². The van der Waals surface area contributed by atoms with Crippen LogP contribution in [0.25, 0.3) is 0 Å². The van der Waals surface area contributed by atoms with Gasteiger partial charge in [0, 0.05) is 6.54 Å². The number of urea groups is 1. The fourth-order valence-electron chi connectivity index (χ4n) is 1.24. The molecular weight excluding hydrogens is 270 g/mol. The number of imide groups is 1. The van der Waals surface area contributed by atoms with E-state index in [9.17, 15) is 19.2 Å². The van der Waals surface area contributed by atoms with Crippen molar-refractivity contribution in [3.8, 4) is 0 Å². The van der Waals surface area contributed by atoms with E-state index in [0.717, 1.165) is 0 Å². The maximum Gasteiger partial charge on any atom is 0.321 e. The number of carbonyl (C=O) groups excluding carboxylic acids is 4. The molecule has 9 nitrogen and oxygen atoms in total. The highest BCUT2D eigenvalue weighted by molar-refractivity contribution is 5.95. The summed E-state index contributed by atoms with van der Waals surface area (Å²) in [7, 11) is 2.38. The first kappa shape index (κ1) is 17.8. The molecule has 114 valence electrons. The largest absolute Gasteiger partial charge is 0.468 e. The van der Waals surface area contributed by atoms with Gasteiger partial charge in [0.1, 0.15) is 0 Å². The van der Waals surface area contributed by atoms with E-state index in [1.54, 1.807) is 6.92 Å². The van der Waals surface area contributed by atoms with Gasteiger partial charge in [0.05, 0.1) is 33.9 Å². The topological polar surface area (TPSA) is 114 Å². The molecule has 0 saturated heterocycles. The summed E-state index contributed by atoms with van der Waals surface area (Å²) in [5.74, 6) is -1.87. The van der Waals surface area contributed by atoms with Gasteiger partial charge in [-0.25, -0.2) is 4.79 Å². The molecule has 0 heterocycles. The van der Waals surface area contributed by atoms with Crippen LogP contribution in [-0.4, -0.2) is 69.2 Å². The SMILES string of the molecule is CCNC(=O)NC(=O)CN(CC(=O)OC)CC(=O)OC. The zero-order valence-corrected chi connectivity index (χ0v) is 11.7. The van der Waals surface area contributed by atoms with Gasteiger partial charge in [-0.2, -0.15) is 0 Å². The number of rotatable bonds is 7. The van der Waals surface area contributed by atoms with Crippen molar-refractivity contribution in [1.29, 1.82) is 0 Å². The summed E-state index contributed by atoms with van der Waals surface area (Å²) in [5, 5.41) is 4.44. The van der Waals surface area contributed by atoms with E-state index in [-0.39, 0.29) is 19.6 Å². The fourth-order valence-corrected chi connectivity index (χ4v) is 1.24. The van der Waals surface area contributed by atoms with Crippen molar-refractivity contribution < 1.29 is 28.7 Å². The Hall–Kier alpha value is -2.16. The molecule has 9 heteroatoms. The van der Waals surface area contributed by atoms with Crippen LogP contribution in [0.1, 0.15) is 6.92 Å². The molecule has 0 aliphatic heterocycles. The predicted octanol–water partition coefficient (Wildman–Crippen LogP) is -1.52. The quantitative estimate of drug-likeness (QED) is 0.547. The van der Waals surface area contributed by atoms with Crippen molar-refractivity contribution in [3.63, 3.8) is 0 Å². The molecule has 0 aromatic heterocycles. The molecule has 0 spiro atoms. The third kappa shape index (κ3) is 8.03. The second-order valence-electron chi connectivity index (χ2n) is 3.71. The maximum atomic E-state index is 11.6. The number of ether oxygens (including phenoxy) is 2. The minimum absolute atomic E-state index is 0.269. The van der Waals surface area contributed by atoms with Crippen LogP contribution >= 0.6 is 0 Å². The Labute approximate surface area is 116 Å². The van der Waals surface area contributed by atoms with Crippen LogP contribution < -0.4 is 10.6 Å². The average molecular weight is 289 g/mol. The average Bonchev–Trinajstić information content (AvgIpc) is 2.38. The van der Waals surface area contributed by atoms with Gasteiger partial charge in [0.25, 0.3) is 0 Å². The van der Waals surface area contributed by atoms with Crippen molar-refractivity contribution in [2.45, 2.75) is 6.92 Å². The zero-order chi connectivity index (χ0) is 15.5. The second-order valence-corrected chi connectivity index (χ2v) is 3.71. The predicted molar refractivity (Wildman–Crippen MR) is 67.7 cm³/mol. The lowest BCUT2D eigenvalue weighted by molar-refractivity contribution is -0.145. The molecule has 2 N–H and O–H groups in total. The summed E-state index contributed by atoms with van der Waals surface area (Å²) in [5.41, 5.74) is 0. The van der Waals surface area contributed by atoms with Gasteiger partial charge in [-0.05, 0) is 6.92 Å². The highest BCUT2D eigenvalue weighted by Gasteiger charge is 2.19. The molecule has 20 heavy (non-hydrogen) atoms. The lowest BCUT2D eigenvalue weighted by Gasteiger charge is -2.18. The standard InChI is InChI=1S/C11H19N3O6/c1-4-12-11(18)13-8(15)5-14(6-9(16)19-2)7-10(17)20-3/h4-7H2,1-3H3,(H2,12,13,15,18). The van der Waals surface area contributed by atoms with Crippen LogP contribution in [0.15, 0.2) is 0 Å². The Kier molecular flexibility index (Phi) is 8.68. The lowest BCUT2D eigenvalue weighted by atomic mass is 10.4. The number of nitrogens with one attached hydrogen (secondary N) is 2. The van der Waals surface area contributed by atoms with E-state index in [4.69, 9.17) is 0 Å². The first-order chi connectivity index (χ1) is 9.42. The van der Waals surface area contributed by atoms with Gasteiger partial charge < -0.3 is 14.8 Å². The van der Waals surface area contributed by atoms with E-state index in [0.29, 0.717) is 6.54 Å². The molecule has 0 saturated carbocycles. The van der Waals surface area contributed by atoms with Gasteiger partial charge in [-0.1, -0.05) is 0 Å². The molecule has 0 bridgehead atoms. The Morgan fingerprint density at radius 3 is 1.85 bits per heavy atom. The zero-order valence-electron chi connectivity index (χ0n) is 11.7. The van der Waals surface area contributed by atoms with E-state index >= 15 is 0 Å². The minimum Gasteiger partial charge on any atom is -0.468 e. The summed E-state index contributed by atoms with van der Waals surface area (Å²) < 4.78 is 8.91. The molecule has 0 fully saturated rings. The highest BCUT2D eigenvalue weighted by atomic mass is 16.5. The van der Waals surface area contributed by atoms with Crippen LogP contribution in [-0.2, 0) is 23.9 Å². The number of carbonyl (C=O) groups is 4. The molecule has 0 unspecified atom stereocenters. The number of amides is 3. The van der Waals surface area contributed by atoms with Crippen LogP contribution in [0.5, 0.6) is 0 Å². The van der Waals surface area contributed by atoms with E-state index in [1.165, 1.54) is 19.1 Å². The van der Waals surface area contributed by atoms with Crippen molar-refractivity contribution in [1.82, 2.24) is 15.5 Å². The van der Waals surface area contributed by atoms with Crippen molar-refractivity contribution in [2.24, 2.45) is 0 Å². The summed E-state index contributed by atoms with van der Waals surface area (Å²) in [6.07, 6.45) is 0. The van der Waals surface area contributed by atoms with Gasteiger partial charge in [0.15, 0.2) is 0 Å². The Morgan fingerprint density at radius 2 is 1.45 bits per heavy atom. The van der Waals surface area contributed by atoms with Gasteiger partial charge in [-0.3, -0.25) is 24.6 Å². The van der Waals surface area contributed by atoms with Gasteiger partial charge >= 0.3 is 18.0 Å². The third-order valence-corrected chi connectivity index (χ3v) is 2.12. The monoisotopic (exact) mass is 289 g/mol. The molecule has 3 amide bonds. The Bertz CT molecular complexity index is 353. The number of hydrogen-bond acceptors (Lipinski definition) is 7. The van der Waals surface area contributed by atoms with Crippen LogP contribution in [0.2, 0.25) is 0 Å². The number of nitrogens with zero attached hydrogens (tertiary/aromatic N) is 1. The molecule has 0 aliphatic carbocycles. The van der Waals surface area contributed by atoms with Gasteiger partial charge in [0.2, 0.25) is 5.91 Å². The summed E-state index contributed by atoms with van der Waals surface area (Å²) >= 11 is 0. The first-order valence-electron chi connectivity index (χ1n) is 5.86. The van der Waals surface area contributed by atoms with Crippen molar-refractivity contribution in [3.05, 3.63) is 0 Å². The Morgan fingerprint density at radius 1 is 0.950 bits per heavy atom. The van der Waals surface area contributed by atoms with Crippen LogP contribution in [0.4, 0.5) is 4.79 Å². The summed E-state index contributed by atoms with van der Waals surface area (Å²) in [6, 6.07) is -0.645. The van der Waals surface area contributed by atoms with E-state index < -0.39 is 23.9 Å². The summed E-state index contributed by atoms with van der Waals surface area (Å²) in [6.45, 7) is 1.21. The molecule has 0 aromatic carbocycles. The minimum atomic E-state index is -0.649. The fraction of sp³-hybridized carbons (Fsp3) is 0.636. The highest BCUT2D eigenvalue weighted by Crippen LogP contribution is 1.92. The first-order valence-corrected chi connectivity index (χ1v) is 5.86. The molecule has 0 aromatic rings. The van der Waals surface area contributed by atoms with E-state index in [1.807, 2.05) is 0 Å². The number of hydrogen-bond donors (Lipinski definition) is 2. The molecule has 0 radical (unpaired) electrons. The normalized spacial score (nSPS) is 9.80. The van der Waals surface area contributed by atoms with Crippen molar-refractivity contribution in [2.75, 3.05) is 40.4 Å². The maximum absolute atomic E-state index is 11.6. The Balaban J connectivity index is 4.46. The lowest BCUT2D eigenvalue weighted by Crippen LogP contribution is -2.46. The third-order valence-electron chi connectivity index (χ3n) is 2.12. The van der Waals surface area contributed by atoms with Crippen LogP contribution in [0.3, 0.4) is 0 Å². The second kappa shape index (κ2) is 9.73.